The van der Waals surface area contributed by atoms with E-state index in [2.05, 4.69) is 10.0 Å². The minimum absolute atomic E-state index is 0.0112. The summed E-state index contributed by atoms with van der Waals surface area (Å²) in [6.07, 6.45) is 0. The van der Waals surface area contributed by atoms with Gasteiger partial charge in [0.1, 0.15) is 11.5 Å². The SMILES string of the molecule is COc1ccc(NS(=O)(=O)c2ccc(OCC(=O)Nc3ccc(S(N)(=O)=O)cc3)c(Cl)c2)cc1. The minimum atomic E-state index is -3.92. The van der Waals surface area contributed by atoms with Crippen LogP contribution in [0, 0.1) is 0 Å². The predicted octanol–water partition coefficient (Wildman–Crippen LogP) is 2.81. The molecule has 0 aromatic heterocycles. The van der Waals surface area contributed by atoms with Gasteiger partial charge in [-0.05, 0) is 66.7 Å². The molecule has 3 rings (SSSR count). The number of hydrogen-bond donors (Lipinski definition) is 3. The molecule has 0 heterocycles. The topological polar surface area (TPSA) is 154 Å². The number of ether oxygens (including phenoxy) is 2. The second kappa shape index (κ2) is 10.3. The van der Waals surface area contributed by atoms with Gasteiger partial charge in [0.2, 0.25) is 10.0 Å². The summed E-state index contributed by atoms with van der Waals surface area (Å²) < 4.78 is 60.6. The van der Waals surface area contributed by atoms with E-state index in [-0.39, 0.29) is 20.6 Å². The van der Waals surface area contributed by atoms with Gasteiger partial charge in [0, 0.05) is 11.4 Å². The maximum absolute atomic E-state index is 12.6. The molecule has 0 unspecified atom stereocenters. The molecule has 1 amide bonds. The van der Waals surface area contributed by atoms with Gasteiger partial charge in [0.15, 0.2) is 6.61 Å². The van der Waals surface area contributed by atoms with Crippen LogP contribution in [-0.4, -0.2) is 36.5 Å². The van der Waals surface area contributed by atoms with Crippen LogP contribution in [0.1, 0.15) is 0 Å². The highest BCUT2D eigenvalue weighted by Crippen LogP contribution is 2.28. The van der Waals surface area contributed by atoms with Gasteiger partial charge in [-0.2, -0.15) is 0 Å². The quantitative estimate of drug-likeness (QED) is 0.388. The lowest BCUT2D eigenvalue weighted by Crippen LogP contribution is -2.20. The van der Waals surface area contributed by atoms with E-state index in [1.54, 1.807) is 24.3 Å². The average molecular weight is 526 g/mol. The summed E-state index contributed by atoms with van der Waals surface area (Å²) in [4.78, 5) is 11.9. The third-order valence-electron chi connectivity index (χ3n) is 4.38. The van der Waals surface area contributed by atoms with Gasteiger partial charge in [0.25, 0.3) is 15.9 Å². The van der Waals surface area contributed by atoms with E-state index in [1.165, 1.54) is 49.6 Å². The van der Waals surface area contributed by atoms with Crippen molar-refractivity contribution in [2.24, 2.45) is 5.14 Å². The summed E-state index contributed by atoms with van der Waals surface area (Å²) in [5.41, 5.74) is 0.671. The van der Waals surface area contributed by atoms with Crippen molar-refractivity contribution >= 4 is 48.9 Å². The summed E-state index contributed by atoms with van der Waals surface area (Å²) in [5, 5.41) is 7.54. The zero-order valence-electron chi connectivity index (χ0n) is 17.7. The van der Waals surface area contributed by atoms with Gasteiger partial charge in [0.05, 0.1) is 21.9 Å². The first-order valence-electron chi connectivity index (χ1n) is 9.50. The van der Waals surface area contributed by atoms with Crippen molar-refractivity contribution in [1.29, 1.82) is 0 Å². The van der Waals surface area contributed by atoms with Crippen LogP contribution in [0.5, 0.6) is 11.5 Å². The second-order valence-electron chi connectivity index (χ2n) is 6.83. The highest BCUT2D eigenvalue weighted by molar-refractivity contribution is 7.92. The van der Waals surface area contributed by atoms with Crippen molar-refractivity contribution < 1.29 is 31.1 Å². The predicted molar refractivity (Wildman–Crippen MR) is 127 cm³/mol. The fraction of sp³-hybridized carbons (Fsp3) is 0.0952. The maximum Gasteiger partial charge on any atom is 0.262 e. The summed E-state index contributed by atoms with van der Waals surface area (Å²) in [7, 11) is -6.26. The van der Waals surface area contributed by atoms with Gasteiger partial charge in [-0.1, -0.05) is 11.6 Å². The Bertz CT molecular complexity index is 1390. The fourth-order valence-corrected chi connectivity index (χ4v) is 4.61. The Morgan fingerprint density at radius 1 is 0.912 bits per heavy atom. The summed E-state index contributed by atoms with van der Waals surface area (Å²) in [6.45, 7) is -0.424. The Labute approximate surface area is 201 Å². The van der Waals surface area contributed by atoms with Crippen LogP contribution in [0.4, 0.5) is 11.4 Å². The van der Waals surface area contributed by atoms with Gasteiger partial charge < -0.3 is 14.8 Å². The van der Waals surface area contributed by atoms with Crippen LogP contribution in [0.2, 0.25) is 5.02 Å². The van der Waals surface area contributed by atoms with Crippen molar-refractivity contribution in [1.82, 2.24) is 0 Å². The lowest BCUT2D eigenvalue weighted by atomic mass is 10.3. The van der Waals surface area contributed by atoms with Crippen LogP contribution in [0.3, 0.4) is 0 Å². The molecule has 0 aliphatic carbocycles. The Morgan fingerprint density at radius 2 is 1.50 bits per heavy atom. The lowest BCUT2D eigenvalue weighted by Gasteiger charge is -2.12. The number of hydrogen-bond acceptors (Lipinski definition) is 7. The molecule has 3 aromatic rings. The molecule has 180 valence electrons. The van der Waals surface area contributed by atoms with E-state index in [9.17, 15) is 21.6 Å². The summed E-state index contributed by atoms with van der Waals surface area (Å²) >= 11 is 6.15. The molecule has 10 nitrogen and oxygen atoms in total. The van der Waals surface area contributed by atoms with E-state index in [0.29, 0.717) is 17.1 Å². The molecule has 0 atom stereocenters. The molecular formula is C21H20ClN3O7S2. The standard InChI is InChI=1S/C21H20ClN3O7S2/c1-31-16-6-2-15(3-7-16)25-34(29,30)18-10-11-20(19(22)12-18)32-13-21(26)24-14-4-8-17(9-5-14)33(23,27)28/h2-12,25H,13H2,1H3,(H,24,26)(H2,23,27,28). The first kappa shape index (κ1) is 25.3. The number of primary sulfonamides is 1. The van der Waals surface area contributed by atoms with Gasteiger partial charge in [-0.15, -0.1) is 0 Å². The summed E-state index contributed by atoms with van der Waals surface area (Å²) in [6, 6.07) is 15.4. The third kappa shape index (κ3) is 6.60. The van der Waals surface area contributed by atoms with Crippen molar-refractivity contribution in [3.63, 3.8) is 0 Å². The smallest absolute Gasteiger partial charge is 0.262 e. The van der Waals surface area contributed by atoms with Crippen molar-refractivity contribution in [2.75, 3.05) is 23.8 Å². The molecule has 3 aromatic carbocycles. The number of carbonyl (C=O) groups is 1. The molecule has 0 spiro atoms. The number of anilines is 2. The number of methoxy groups -OCH3 is 1. The van der Waals surface area contributed by atoms with Crippen LogP contribution in [0.15, 0.2) is 76.5 Å². The Balaban J connectivity index is 1.61. The molecule has 0 radical (unpaired) electrons. The van der Waals surface area contributed by atoms with Crippen LogP contribution in [-0.2, 0) is 24.8 Å². The number of nitrogens with two attached hydrogens (primary N) is 1. The molecule has 0 saturated heterocycles. The van der Waals surface area contributed by atoms with E-state index in [1.807, 2.05) is 0 Å². The molecule has 0 fully saturated rings. The number of carbonyl (C=O) groups excluding carboxylic acids is 1. The Hall–Kier alpha value is -3.32. The van der Waals surface area contributed by atoms with E-state index in [4.69, 9.17) is 26.2 Å². The van der Waals surface area contributed by atoms with E-state index < -0.39 is 32.6 Å². The van der Waals surface area contributed by atoms with Gasteiger partial charge >= 0.3 is 0 Å². The number of benzene rings is 3. The number of rotatable bonds is 9. The number of sulfonamides is 2. The molecule has 0 bridgehead atoms. The molecule has 34 heavy (non-hydrogen) atoms. The molecule has 13 heteroatoms. The van der Waals surface area contributed by atoms with Crippen LogP contribution in [0.25, 0.3) is 0 Å². The first-order valence-corrected chi connectivity index (χ1v) is 12.9. The van der Waals surface area contributed by atoms with E-state index >= 15 is 0 Å². The van der Waals surface area contributed by atoms with E-state index in [0.717, 1.165) is 0 Å². The average Bonchev–Trinajstić information content (AvgIpc) is 2.78. The fourth-order valence-electron chi connectivity index (χ4n) is 2.71. The Kier molecular flexibility index (Phi) is 7.67. The number of amides is 1. The highest BCUT2D eigenvalue weighted by Gasteiger charge is 2.17. The maximum atomic E-state index is 12.6. The third-order valence-corrected chi connectivity index (χ3v) is 6.98. The molecule has 0 aliphatic heterocycles. The second-order valence-corrected chi connectivity index (χ2v) is 10.5. The van der Waals surface area contributed by atoms with Gasteiger partial charge in [-0.3, -0.25) is 9.52 Å². The largest absolute Gasteiger partial charge is 0.497 e. The van der Waals surface area contributed by atoms with Crippen molar-refractivity contribution in [3.8, 4) is 11.5 Å². The monoisotopic (exact) mass is 525 g/mol. The lowest BCUT2D eigenvalue weighted by molar-refractivity contribution is -0.118. The number of halogens is 1. The number of nitrogens with one attached hydrogen (secondary N) is 2. The zero-order valence-corrected chi connectivity index (χ0v) is 20.1. The molecule has 4 N–H and O–H groups in total. The highest BCUT2D eigenvalue weighted by atomic mass is 35.5. The van der Waals surface area contributed by atoms with Gasteiger partial charge in [-0.25, -0.2) is 22.0 Å². The van der Waals surface area contributed by atoms with Crippen LogP contribution >= 0.6 is 11.6 Å². The summed E-state index contributed by atoms with van der Waals surface area (Å²) in [5.74, 6) is 0.138. The Morgan fingerprint density at radius 3 is 2.06 bits per heavy atom. The first-order chi connectivity index (χ1) is 16.0. The zero-order chi connectivity index (χ0) is 24.9. The molecule has 0 saturated carbocycles. The molecular weight excluding hydrogens is 506 g/mol. The van der Waals surface area contributed by atoms with Crippen LogP contribution < -0.4 is 24.7 Å². The normalized spacial score (nSPS) is 11.5. The minimum Gasteiger partial charge on any atom is -0.497 e. The van der Waals surface area contributed by atoms with Crippen molar-refractivity contribution in [3.05, 3.63) is 71.8 Å². The van der Waals surface area contributed by atoms with Crippen molar-refractivity contribution in [2.45, 2.75) is 9.79 Å². The molecule has 0 aliphatic rings.